The van der Waals surface area contributed by atoms with Crippen LogP contribution in [-0.2, 0) is 4.79 Å². The van der Waals surface area contributed by atoms with Gasteiger partial charge >= 0.3 is 0 Å². The standard InChI is InChI=1S/C18H16Cl5N3O3S/c1-28-14-5-3-2-4-12(14)24-17(30)26-16(18(21,22)23)25-15(27)9-29-13-7-6-10(19)8-11(13)20/h2-8,16H,9H2,1H3,(H,25,27)(H2,24,26,30). The molecule has 12 heteroatoms. The number of benzene rings is 2. The zero-order chi connectivity index (χ0) is 22.3. The lowest BCUT2D eigenvalue weighted by Gasteiger charge is -2.28. The summed E-state index contributed by atoms with van der Waals surface area (Å²) in [6.45, 7) is -0.382. The molecular formula is C18H16Cl5N3O3S. The number of amides is 1. The number of nitrogens with one attached hydrogen (secondary N) is 3. The topological polar surface area (TPSA) is 71.6 Å². The van der Waals surface area contributed by atoms with Crippen molar-refractivity contribution >= 4 is 86.9 Å². The summed E-state index contributed by atoms with van der Waals surface area (Å²) in [7, 11) is 1.52. The van der Waals surface area contributed by atoms with Crippen LogP contribution >= 0.6 is 70.2 Å². The Hall–Kier alpha value is -1.35. The molecule has 1 amide bonds. The summed E-state index contributed by atoms with van der Waals surface area (Å²) in [5, 5.41) is 8.95. The maximum absolute atomic E-state index is 12.3. The molecule has 2 aromatic carbocycles. The number of hydrogen-bond donors (Lipinski definition) is 3. The Morgan fingerprint density at radius 3 is 2.43 bits per heavy atom. The number of carbonyl (C=O) groups is 1. The van der Waals surface area contributed by atoms with Crippen LogP contribution in [0.3, 0.4) is 0 Å². The van der Waals surface area contributed by atoms with Crippen LogP contribution in [0.5, 0.6) is 11.5 Å². The van der Waals surface area contributed by atoms with Crippen molar-refractivity contribution in [1.82, 2.24) is 10.6 Å². The van der Waals surface area contributed by atoms with Crippen molar-refractivity contribution in [2.75, 3.05) is 19.0 Å². The minimum Gasteiger partial charge on any atom is -0.495 e. The Morgan fingerprint density at radius 2 is 1.80 bits per heavy atom. The van der Waals surface area contributed by atoms with Crippen molar-refractivity contribution in [3.63, 3.8) is 0 Å². The number of halogens is 5. The summed E-state index contributed by atoms with van der Waals surface area (Å²) in [6, 6.07) is 11.7. The van der Waals surface area contributed by atoms with Gasteiger partial charge < -0.3 is 25.4 Å². The molecule has 0 spiro atoms. The van der Waals surface area contributed by atoms with E-state index in [0.717, 1.165) is 0 Å². The molecule has 3 N–H and O–H groups in total. The number of para-hydroxylation sites is 2. The molecule has 0 aliphatic carbocycles. The fourth-order valence-corrected chi connectivity index (χ4v) is 3.19. The fourth-order valence-electron chi connectivity index (χ4n) is 2.18. The number of alkyl halides is 3. The number of ether oxygens (including phenoxy) is 2. The molecule has 0 radical (unpaired) electrons. The molecular weight excluding hydrogens is 516 g/mol. The number of thiocarbonyl (C=S) groups is 1. The Balaban J connectivity index is 1.98. The molecule has 0 bridgehead atoms. The molecule has 1 unspecified atom stereocenters. The van der Waals surface area contributed by atoms with E-state index in [9.17, 15) is 4.79 Å². The van der Waals surface area contributed by atoms with Crippen LogP contribution in [0.2, 0.25) is 10.0 Å². The summed E-state index contributed by atoms with van der Waals surface area (Å²) >= 11 is 35.0. The largest absolute Gasteiger partial charge is 0.495 e. The van der Waals surface area contributed by atoms with E-state index in [-0.39, 0.29) is 22.5 Å². The van der Waals surface area contributed by atoms with Crippen LogP contribution in [0, 0.1) is 0 Å². The highest BCUT2D eigenvalue weighted by Crippen LogP contribution is 2.30. The molecule has 1 atom stereocenters. The van der Waals surface area contributed by atoms with Crippen LogP contribution in [0.15, 0.2) is 42.5 Å². The predicted molar refractivity (Wildman–Crippen MR) is 127 cm³/mol. The Labute approximate surface area is 204 Å². The van der Waals surface area contributed by atoms with E-state index in [1.165, 1.54) is 19.2 Å². The first-order valence-corrected chi connectivity index (χ1v) is 10.5. The SMILES string of the molecule is COc1ccccc1NC(=S)NC(NC(=O)COc1ccc(Cl)cc1Cl)C(Cl)(Cl)Cl. The zero-order valence-electron chi connectivity index (χ0n) is 15.3. The molecule has 6 nitrogen and oxygen atoms in total. The monoisotopic (exact) mass is 529 g/mol. The van der Waals surface area contributed by atoms with E-state index >= 15 is 0 Å². The Kier molecular flexibility index (Phi) is 9.40. The highest BCUT2D eigenvalue weighted by molar-refractivity contribution is 7.80. The van der Waals surface area contributed by atoms with Crippen molar-refractivity contribution in [2.45, 2.75) is 9.96 Å². The summed E-state index contributed by atoms with van der Waals surface area (Å²) in [4.78, 5) is 12.3. The van der Waals surface area contributed by atoms with Gasteiger partial charge in [0.25, 0.3) is 5.91 Å². The minimum atomic E-state index is -1.92. The molecule has 30 heavy (non-hydrogen) atoms. The smallest absolute Gasteiger partial charge is 0.259 e. The Morgan fingerprint density at radius 1 is 1.10 bits per heavy atom. The highest BCUT2D eigenvalue weighted by atomic mass is 35.6. The van der Waals surface area contributed by atoms with Crippen molar-refractivity contribution < 1.29 is 14.3 Å². The predicted octanol–water partition coefficient (Wildman–Crippen LogP) is 5.18. The normalized spacial score (nSPS) is 11.9. The summed E-state index contributed by atoms with van der Waals surface area (Å²) in [5.74, 6) is 0.261. The van der Waals surface area contributed by atoms with Gasteiger partial charge in [0.1, 0.15) is 17.7 Å². The fraction of sp³-hybridized carbons (Fsp3) is 0.222. The molecule has 0 aliphatic heterocycles. The quantitative estimate of drug-likeness (QED) is 0.260. The Bertz CT molecular complexity index is 911. The molecule has 0 aliphatic rings. The summed E-state index contributed by atoms with van der Waals surface area (Å²) in [5.41, 5.74) is 0.590. The molecule has 0 heterocycles. The van der Waals surface area contributed by atoms with Gasteiger partial charge in [-0.25, -0.2) is 0 Å². The van der Waals surface area contributed by atoms with Gasteiger partial charge in [-0.3, -0.25) is 4.79 Å². The van der Waals surface area contributed by atoms with E-state index in [0.29, 0.717) is 16.5 Å². The van der Waals surface area contributed by atoms with Crippen molar-refractivity contribution in [3.05, 3.63) is 52.5 Å². The third kappa shape index (κ3) is 7.72. The van der Waals surface area contributed by atoms with E-state index in [4.69, 9.17) is 79.7 Å². The first kappa shape index (κ1) is 24.9. The van der Waals surface area contributed by atoms with Crippen LogP contribution in [0.4, 0.5) is 5.69 Å². The van der Waals surface area contributed by atoms with Crippen molar-refractivity contribution in [3.8, 4) is 11.5 Å². The lowest BCUT2D eigenvalue weighted by Crippen LogP contribution is -2.57. The molecule has 0 fully saturated rings. The molecule has 0 saturated carbocycles. The van der Waals surface area contributed by atoms with Gasteiger partial charge in [-0.2, -0.15) is 0 Å². The third-order valence-corrected chi connectivity index (χ3v) is 4.92. The second-order valence-corrected chi connectivity index (χ2v) is 9.33. The lowest BCUT2D eigenvalue weighted by atomic mass is 10.3. The van der Waals surface area contributed by atoms with Gasteiger partial charge in [0.2, 0.25) is 3.79 Å². The average Bonchev–Trinajstić information content (AvgIpc) is 2.66. The van der Waals surface area contributed by atoms with Gasteiger partial charge in [-0.15, -0.1) is 0 Å². The van der Waals surface area contributed by atoms with Crippen molar-refractivity contribution in [1.29, 1.82) is 0 Å². The average molecular weight is 532 g/mol. The number of rotatable bonds is 7. The molecule has 0 saturated heterocycles. The van der Waals surface area contributed by atoms with Gasteiger partial charge in [-0.1, -0.05) is 70.1 Å². The molecule has 0 aromatic heterocycles. The van der Waals surface area contributed by atoms with Gasteiger partial charge in [0.15, 0.2) is 11.7 Å². The summed E-state index contributed by atoms with van der Waals surface area (Å²) < 4.78 is 8.70. The van der Waals surface area contributed by atoms with Gasteiger partial charge in [-0.05, 0) is 42.5 Å². The van der Waals surface area contributed by atoms with Gasteiger partial charge in [0.05, 0.1) is 17.8 Å². The van der Waals surface area contributed by atoms with Gasteiger partial charge in [0, 0.05) is 5.02 Å². The van der Waals surface area contributed by atoms with Crippen LogP contribution in [0.1, 0.15) is 0 Å². The number of anilines is 1. The second-order valence-electron chi connectivity index (χ2n) is 5.70. The number of carbonyl (C=O) groups excluding carboxylic acids is 1. The first-order valence-electron chi connectivity index (χ1n) is 8.24. The molecule has 2 rings (SSSR count). The minimum absolute atomic E-state index is 0.0952. The van der Waals surface area contributed by atoms with Crippen LogP contribution in [0.25, 0.3) is 0 Å². The van der Waals surface area contributed by atoms with E-state index in [2.05, 4.69) is 16.0 Å². The van der Waals surface area contributed by atoms with Crippen LogP contribution < -0.4 is 25.4 Å². The maximum atomic E-state index is 12.3. The number of hydrogen-bond acceptors (Lipinski definition) is 4. The maximum Gasteiger partial charge on any atom is 0.259 e. The number of methoxy groups -OCH3 is 1. The lowest BCUT2D eigenvalue weighted by molar-refractivity contribution is -0.123. The second kappa shape index (κ2) is 11.3. The zero-order valence-corrected chi connectivity index (χ0v) is 19.9. The molecule has 162 valence electrons. The highest BCUT2D eigenvalue weighted by Gasteiger charge is 2.34. The van der Waals surface area contributed by atoms with E-state index < -0.39 is 15.9 Å². The summed E-state index contributed by atoms with van der Waals surface area (Å²) in [6.07, 6.45) is -1.16. The van der Waals surface area contributed by atoms with Crippen molar-refractivity contribution in [2.24, 2.45) is 0 Å². The third-order valence-electron chi connectivity index (χ3n) is 3.52. The van der Waals surface area contributed by atoms with E-state index in [1.807, 2.05) is 0 Å². The van der Waals surface area contributed by atoms with E-state index in [1.54, 1.807) is 30.3 Å². The molecule has 2 aromatic rings. The van der Waals surface area contributed by atoms with Crippen LogP contribution in [-0.4, -0.2) is 34.7 Å². The first-order chi connectivity index (χ1) is 14.1.